The molecule has 56 heavy (non-hydrogen) atoms. The minimum atomic E-state index is -1.42. The fraction of sp³-hybridized carbons (Fsp3) is 0.463. The Balaban J connectivity index is 0.000000387. The number of ether oxygens (including phenoxy) is 4. The van der Waals surface area contributed by atoms with E-state index in [1.54, 1.807) is 6.07 Å². The van der Waals surface area contributed by atoms with Gasteiger partial charge in [0.05, 0.1) is 17.2 Å². The summed E-state index contributed by atoms with van der Waals surface area (Å²) < 4.78 is 27.3. The van der Waals surface area contributed by atoms with E-state index in [4.69, 9.17) is 23.4 Å². The number of allylic oxidation sites excluding steroid dienone is 1. The van der Waals surface area contributed by atoms with Crippen LogP contribution in [0, 0.1) is 11.8 Å². The van der Waals surface area contributed by atoms with Gasteiger partial charge in [-0.05, 0) is 70.4 Å². The van der Waals surface area contributed by atoms with E-state index >= 15 is 0 Å². The highest BCUT2D eigenvalue weighted by Gasteiger charge is 2.44. The molecule has 5 unspecified atom stereocenters. The Kier molecular flexibility index (Phi) is 16.9. The van der Waals surface area contributed by atoms with Crippen molar-refractivity contribution in [2.45, 2.75) is 105 Å². The maximum atomic E-state index is 13.3. The summed E-state index contributed by atoms with van der Waals surface area (Å²) >= 11 is 0. The Morgan fingerprint density at radius 2 is 1.68 bits per heavy atom. The topological polar surface area (TPSA) is 217 Å². The molecule has 2 aromatic carbocycles. The number of unbranched alkanes of at least 4 members (excludes halogenated alkanes) is 2. The maximum absolute atomic E-state index is 13.3. The number of nitrogens with one attached hydrogen (secondary N) is 2. The van der Waals surface area contributed by atoms with Crippen LogP contribution in [0.5, 0.6) is 17.2 Å². The van der Waals surface area contributed by atoms with Gasteiger partial charge in [-0.25, -0.2) is 9.59 Å². The van der Waals surface area contributed by atoms with Crippen molar-refractivity contribution in [2.75, 3.05) is 11.9 Å². The van der Waals surface area contributed by atoms with Crippen LogP contribution >= 0.6 is 0 Å². The fourth-order valence-corrected chi connectivity index (χ4v) is 5.72. The second-order valence-electron chi connectivity index (χ2n) is 14.1. The highest BCUT2D eigenvalue weighted by Crippen LogP contribution is 2.31. The van der Waals surface area contributed by atoms with Crippen LogP contribution in [0.2, 0.25) is 0 Å². The molecule has 0 aliphatic carbocycles. The average Bonchev–Trinajstić information content (AvgIpc) is 3.14. The van der Waals surface area contributed by atoms with E-state index in [2.05, 4.69) is 10.6 Å². The van der Waals surface area contributed by atoms with Gasteiger partial charge < -0.3 is 44.2 Å². The third-order valence-electron chi connectivity index (χ3n) is 8.66. The first-order valence-electron chi connectivity index (χ1n) is 18.5. The average molecular weight is 781 g/mol. The van der Waals surface area contributed by atoms with Crippen molar-refractivity contribution in [3.8, 4) is 17.2 Å². The predicted molar refractivity (Wildman–Crippen MR) is 206 cm³/mol. The molecule has 4 N–H and O–H groups in total. The van der Waals surface area contributed by atoms with Gasteiger partial charge in [0.15, 0.2) is 29.4 Å². The van der Waals surface area contributed by atoms with Crippen LogP contribution in [0.15, 0.2) is 63.3 Å². The zero-order chi connectivity index (χ0) is 41.5. The first-order chi connectivity index (χ1) is 26.6. The Bertz CT molecular complexity index is 1930. The van der Waals surface area contributed by atoms with Gasteiger partial charge in [-0.2, -0.15) is 0 Å². The minimum absolute atomic E-state index is 0.00114. The molecule has 1 fully saturated rings. The van der Waals surface area contributed by atoms with Gasteiger partial charge in [-0.3, -0.25) is 19.2 Å². The second kappa shape index (κ2) is 21.3. The third-order valence-corrected chi connectivity index (χ3v) is 8.66. The third kappa shape index (κ3) is 12.9. The molecule has 0 spiro atoms. The number of benzene rings is 2. The lowest BCUT2D eigenvalue weighted by atomic mass is 9.92. The molecule has 304 valence electrons. The lowest BCUT2D eigenvalue weighted by molar-refractivity contribution is -0.175. The summed E-state index contributed by atoms with van der Waals surface area (Å²) in [6, 6.07) is 8.64. The number of para-hydroxylation sites is 1. The number of esters is 3. The molecule has 0 bridgehead atoms. The number of fused-ring (bicyclic) bond motifs is 1. The number of phenolic OH excluding ortho intramolecular Hbond substituents is 2. The van der Waals surface area contributed by atoms with Crippen molar-refractivity contribution in [3.63, 3.8) is 0 Å². The fourth-order valence-electron chi connectivity index (χ4n) is 5.72. The summed E-state index contributed by atoms with van der Waals surface area (Å²) in [5.41, 5.74) is 0.880. The van der Waals surface area contributed by atoms with Gasteiger partial charge in [-0.1, -0.05) is 51.7 Å². The first kappa shape index (κ1) is 44.5. The molecule has 3 aromatic rings. The van der Waals surface area contributed by atoms with Crippen LogP contribution in [-0.2, 0) is 33.4 Å². The van der Waals surface area contributed by atoms with E-state index < -0.39 is 65.5 Å². The van der Waals surface area contributed by atoms with Crippen LogP contribution in [0.1, 0.15) is 90.9 Å². The number of aromatic hydroxyl groups is 2. The highest BCUT2D eigenvalue weighted by atomic mass is 16.6. The number of hydrogen-bond acceptors (Lipinski definition) is 13. The van der Waals surface area contributed by atoms with E-state index in [1.165, 1.54) is 50.2 Å². The number of amides is 2. The molecule has 1 saturated heterocycles. The van der Waals surface area contributed by atoms with Crippen molar-refractivity contribution in [1.82, 2.24) is 5.32 Å². The van der Waals surface area contributed by atoms with Crippen molar-refractivity contribution in [1.29, 1.82) is 0 Å². The number of phenols is 2. The smallest absolute Gasteiger partial charge is 0.336 e. The van der Waals surface area contributed by atoms with E-state index in [-0.39, 0.29) is 29.3 Å². The zero-order valence-electron chi connectivity index (χ0n) is 32.8. The van der Waals surface area contributed by atoms with Gasteiger partial charge >= 0.3 is 23.5 Å². The summed E-state index contributed by atoms with van der Waals surface area (Å²) in [4.78, 5) is 73.8. The first-order valence-corrected chi connectivity index (χ1v) is 18.5. The zero-order valence-corrected chi connectivity index (χ0v) is 32.8. The SMILES string of the molecule is CC(C)=CCOc1cc2oc(=O)ccc2cc1O.CCCCCC1C(=O)OC(C)C(NC(=O)c2cccc(NC=O)c2O)C(=O)OC(C)C1OC(=O)CC(C)C. The largest absolute Gasteiger partial charge is 0.505 e. The van der Waals surface area contributed by atoms with Crippen molar-refractivity contribution < 1.29 is 57.6 Å². The minimum Gasteiger partial charge on any atom is -0.505 e. The lowest BCUT2D eigenvalue weighted by Gasteiger charge is -2.29. The van der Waals surface area contributed by atoms with E-state index in [1.807, 2.05) is 40.7 Å². The predicted octanol–water partition coefficient (Wildman–Crippen LogP) is 5.93. The van der Waals surface area contributed by atoms with Gasteiger partial charge in [-0.15, -0.1) is 0 Å². The summed E-state index contributed by atoms with van der Waals surface area (Å²) in [5.74, 6) is -3.95. The molecule has 15 nitrogen and oxygen atoms in total. The van der Waals surface area contributed by atoms with E-state index in [0.29, 0.717) is 42.6 Å². The van der Waals surface area contributed by atoms with Gasteiger partial charge in [0.25, 0.3) is 5.91 Å². The normalized spacial score (nSPS) is 19.5. The second-order valence-corrected chi connectivity index (χ2v) is 14.1. The van der Waals surface area contributed by atoms with Crippen molar-refractivity contribution in [2.24, 2.45) is 11.8 Å². The molecule has 2 amide bonds. The number of carbonyl (C=O) groups excluding carboxylic acids is 5. The Morgan fingerprint density at radius 3 is 2.34 bits per heavy atom. The van der Waals surface area contributed by atoms with Gasteiger partial charge in [0, 0.05) is 23.9 Å². The molecule has 2 heterocycles. The number of carbonyl (C=O) groups is 5. The quantitative estimate of drug-likeness (QED) is 0.0284. The van der Waals surface area contributed by atoms with E-state index in [0.717, 1.165) is 18.4 Å². The van der Waals surface area contributed by atoms with Crippen molar-refractivity contribution >= 4 is 46.9 Å². The highest BCUT2D eigenvalue weighted by molar-refractivity contribution is 6.01. The number of rotatable bonds is 14. The number of cyclic esters (lactones) is 2. The van der Waals surface area contributed by atoms with Gasteiger partial charge in [0.2, 0.25) is 6.41 Å². The molecule has 15 heteroatoms. The van der Waals surface area contributed by atoms with E-state index in [9.17, 15) is 39.0 Å². The standard InChI is InChI=1S/C27H38N2O9.C14H14O4/c1-6-7-8-10-19-24(38-21(31)13-15(2)3)17(5)37-27(35)22(16(4)36-26(19)34)29-25(33)18-11-9-12-20(23(18)32)28-14-30;1-9(2)5-6-17-13-8-12-10(7-11(13)15)3-4-14(16)18-12/h9,11-12,14-17,19,22,24,32H,6-8,10,13H2,1-5H3,(H,28,30)(H,29,33);3-5,7-8,15H,6H2,1-2H3. The molecular formula is C41H52N2O13. The van der Waals surface area contributed by atoms with Crippen LogP contribution in [-0.4, -0.2) is 71.4 Å². The Labute approximate surface area is 325 Å². The number of anilines is 1. The molecule has 0 radical (unpaired) electrons. The molecule has 1 aromatic heterocycles. The molecule has 1 aliphatic heterocycles. The van der Waals surface area contributed by atoms with Crippen LogP contribution in [0.25, 0.3) is 11.0 Å². The molecule has 1 aliphatic rings. The summed E-state index contributed by atoms with van der Waals surface area (Å²) in [6.45, 7) is 13.0. The summed E-state index contributed by atoms with van der Waals surface area (Å²) in [5, 5.41) is 25.5. The molecule has 5 atom stereocenters. The van der Waals surface area contributed by atoms with Crippen LogP contribution in [0.4, 0.5) is 5.69 Å². The molecule has 4 rings (SSSR count). The summed E-state index contributed by atoms with van der Waals surface area (Å²) in [6.07, 6.45) is 1.96. The lowest BCUT2D eigenvalue weighted by Crippen LogP contribution is -2.50. The molecule has 0 saturated carbocycles. The van der Waals surface area contributed by atoms with Crippen LogP contribution < -0.4 is 21.0 Å². The maximum Gasteiger partial charge on any atom is 0.336 e. The molecular weight excluding hydrogens is 728 g/mol. The van der Waals surface area contributed by atoms with Gasteiger partial charge in [0.1, 0.15) is 24.4 Å². The Morgan fingerprint density at radius 1 is 0.964 bits per heavy atom. The van der Waals surface area contributed by atoms with Crippen molar-refractivity contribution in [3.05, 3.63) is 70.1 Å². The number of hydrogen-bond donors (Lipinski definition) is 4. The monoisotopic (exact) mass is 780 g/mol. The Hall–Kier alpha value is -5.86. The van der Waals surface area contributed by atoms with Crippen LogP contribution in [0.3, 0.4) is 0 Å². The summed E-state index contributed by atoms with van der Waals surface area (Å²) in [7, 11) is 0.